The number of ether oxygens (including phenoxy) is 2. The van der Waals surface area contributed by atoms with E-state index in [9.17, 15) is 8.78 Å². The maximum atomic E-state index is 14.6. The fourth-order valence-electron chi connectivity index (χ4n) is 3.10. The molecule has 0 aliphatic carbocycles. The fraction of sp³-hybridized carbons (Fsp3) is 0.238. The van der Waals surface area contributed by atoms with Crippen LogP contribution in [0.4, 0.5) is 20.4 Å². The number of hydrogen-bond acceptors (Lipinski definition) is 6. The molecule has 0 unspecified atom stereocenters. The second-order valence-corrected chi connectivity index (χ2v) is 6.59. The summed E-state index contributed by atoms with van der Waals surface area (Å²) in [7, 11) is 1.85. The lowest BCUT2D eigenvalue weighted by Crippen LogP contribution is -2.10. The topological polar surface area (TPSA) is 68.3 Å². The fourth-order valence-corrected chi connectivity index (χ4v) is 3.10. The molecule has 0 spiro atoms. The lowest BCUT2D eigenvalue weighted by Gasteiger charge is -2.16. The van der Waals surface area contributed by atoms with Gasteiger partial charge in [-0.3, -0.25) is 0 Å². The highest BCUT2D eigenvalue weighted by molar-refractivity contribution is 5.74. The first-order valence-corrected chi connectivity index (χ1v) is 9.26. The number of nitrogens with one attached hydrogen (secondary N) is 2. The summed E-state index contributed by atoms with van der Waals surface area (Å²) < 4.78 is 39.8. The second kappa shape index (κ2) is 8.40. The maximum Gasteiger partial charge on any atom is 0.215 e. The van der Waals surface area contributed by atoms with Crippen LogP contribution in [-0.2, 0) is 6.54 Å². The largest absolute Gasteiger partial charge is 0.493 e. The van der Waals surface area contributed by atoms with Crippen LogP contribution in [0.1, 0.15) is 12.0 Å². The summed E-state index contributed by atoms with van der Waals surface area (Å²) in [6, 6.07) is 9.29. The molecule has 8 heteroatoms. The highest BCUT2D eigenvalue weighted by atomic mass is 19.1. The van der Waals surface area contributed by atoms with Crippen LogP contribution in [0, 0.1) is 11.6 Å². The molecule has 1 aliphatic heterocycles. The molecule has 29 heavy (non-hydrogen) atoms. The standard InChI is InChI=1S/C21H20F2N4O2/c1-24-11-13-7-20-26-19-10-16(17(23)12-25-19)15-4-3-14(22)9-18(15)28-5-2-6-29-21(8-13)27-20/h3-4,7-10,12,24H,2,5-6,11H2,1H3,(H,25,26,27). The van der Waals surface area contributed by atoms with Crippen molar-refractivity contribution < 1.29 is 18.3 Å². The van der Waals surface area contributed by atoms with Crippen LogP contribution < -0.4 is 20.1 Å². The Morgan fingerprint density at radius 2 is 1.90 bits per heavy atom. The third-order valence-electron chi connectivity index (χ3n) is 4.38. The molecule has 2 N–H and O–H groups in total. The minimum absolute atomic E-state index is 0.261. The summed E-state index contributed by atoms with van der Waals surface area (Å²) in [5.74, 6) is 0.682. The van der Waals surface area contributed by atoms with Gasteiger partial charge in [0, 0.05) is 36.2 Å². The number of halogens is 2. The minimum atomic E-state index is -0.528. The van der Waals surface area contributed by atoms with Gasteiger partial charge in [0.25, 0.3) is 0 Å². The number of rotatable bonds is 2. The smallest absolute Gasteiger partial charge is 0.215 e. The normalized spacial score (nSPS) is 13.3. The van der Waals surface area contributed by atoms with Crippen molar-refractivity contribution in [1.29, 1.82) is 0 Å². The van der Waals surface area contributed by atoms with Crippen molar-refractivity contribution in [2.24, 2.45) is 0 Å². The lowest BCUT2D eigenvalue weighted by atomic mass is 10.0. The maximum absolute atomic E-state index is 14.6. The molecule has 2 aromatic heterocycles. The molecule has 0 fully saturated rings. The molecule has 0 saturated heterocycles. The molecule has 0 atom stereocenters. The van der Waals surface area contributed by atoms with Crippen LogP contribution in [-0.4, -0.2) is 30.2 Å². The van der Waals surface area contributed by atoms with Crippen LogP contribution in [0.15, 0.2) is 42.6 Å². The van der Waals surface area contributed by atoms with E-state index in [1.54, 1.807) is 6.07 Å². The second-order valence-electron chi connectivity index (χ2n) is 6.59. The minimum Gasteiger partial charge on any atom is -0.493 e. The summed E-state index contributed by atoms with van der Waals surface area (Å²) in [5, 5.41) is 6.19. The zero-order valence-corrected chi connectivity index (χ0v) is 15.8. The predicted molar refractivity (Wildman–Crippen MR) is 105 cm³/mol. The molecule has 150 valence electrons. The molecular weight excluding hydrogens is 378 g/mol. The molecule has 4 rings (SSSR count). The van der Waals surface area contributed by atoms with Crippen molar-refractivity contribution in [3.8, 4) is 22.8 Å². The van der Waals surface area contributed by atoms with Gasteiger partial charge in [-0.1, -0.05) is 0 Å². The van der Waals surface area contributed by atoms with Gasteiger partial charge in [0.15, 0.2) is 0 Å². The van der Waals surface area contributed by atoms with Crippen molar-refractivity contribution in [2.45, 2.75) is 13.0 Å². The van der Waals surface area contributed by atoms with Gasteiger partial charge >= 0.3 is 0 Å². The summed E-state index contributed by atoms with van der Waals surface area (Å²) in [6.07, 6.45) is 1.67. The Morgan fingerprint density at radius 1 is 1.03 bits per heavy atom. The van der Waals surface area contributed by atoms with E-state index in [1.165, 1.54) is 18.2 Å². The van der Waals surface area contributed by atoms with E-state index in [2.05, 4.69) is 20.6 Å². The van der Waals surface area contributed by atoms with Gasteiger partial charge in [-0.2, -0.15) is 4.98 Å². The van der Waals surface area contributed by atoms with Crippen molar-refractivity contribution in [1.82, 2.24) is 15.3 Å². The Morgan fingerprint density at radius 3 is 2.76 bits per heavy atom. The molecule has 0 amide bonds. The summed E-state index contributed by atoms with van der Waals surface area (Å²) in [4.78, 5) is 8.55. The van der Waals surface area contributed by atoms with Gasteiger partial charge in [0.2, 0.25) is 5.88 Å². The molecule has 0 saturated carbocycles. The van der Waals surface area contributed by atoms with Crippen LogP contribution in [0.25, 0.3) is 11.1 Å². The van der Waals surface area contributed by atoms with E-state index in [1.807, 2.05) is 19.2 Å². The van der Waals surface area contributed by atoms with Crippen LogP contribution >= 0.6 is 0 Å². The van der Waals surface area contributed by atoms with E-state index in [0.29, 0.717) is 42.7 Å². The molecular formula is C21H20F2N4O2. The Hall–Kier alpha value is -3.26. The third kappa shape index (κ3) is 4.43. The number of aromatic nitrogens is 2. The van der Waals surface area contributed by atoms with Gasteiger partial charge in [0.05, 0.1) is 19.4 Å². The van der Waals surface area contributed by atoms with E-state index in [-0.39, 0.29) is 17.9 Å². The quantitative estimate of drug-likeness (QED) is 0.679. The Bertz CT molecular complexity index is 1030. The highest BCUT2D eigenvalue weighted by Gasteiger charge is 2.15. The van der Waals surface area contributed by atoms with Crippen molar-refractivity contribution in [3.63, 3.8) is 0 Å². The average Bonchev–Trinajstić information content (AvgIpc) is 2.69. The van der Waals surface area contributed by atoms with E-state index in [4.69, 9.17) is 9.47 Å². The molecule has 3 aromatic rings. The summed E-state index contributed by atoms with van der Waals surface area (Å²) in [6.45, 7) is 1.30. The monoisotopic (exact) mass is 398 g/mol. The van der Waals surface area contributed by atoms with Crippen molar-refractivity contribution in [2.75, 3.05) is 25.6 Å². The highest BCUT2D eigenvalue weighted by Crippen LogP contribution is 2.34. The first-order valence-electron chi connectivity index (χ1n) is 9.26. The van der Waals surface area contributed by atoms with E-state index in [0.717, 1.165) is 11.8 Å². The molecule has 4 bridgehead atoms. The number of anilines is 2. The van der Waals surface area contributed by atoms with Crippen LogP contribution in [0.2, 0.25) is 0 Å². The van der Waals surface area contributed by atoms with E-state index >= 15 is 0 Å². The SMILES string of the molecule is CNCc1cc2nc(c1)OCCCOc1cc(F)ccc1-c1cc(ncc1F)N2. The molecule has 6 nitrogen and oxygen atoms in total. The lowest BCUT2D eigenvalue weighted by molar-refractivity contribution is 0.242. The Kier molecular flexibility index (Phi) is 5.53. The van der Waals surface area contributed by atoms with Gasteiger partial charge in [-0.05, 0) is 36.9 Å². The third-order valence-corrected chi connectivity index (χ3v) is 4.38. The number of fused-ring (bicyclic) bond motifs is 6. The van der Waals surface area contributed by atoms with Gasteiger partial charge in [0.1, 0.15) is 29.0 Å². The van der Waals surface area contributed by atoms with Gasteiger partial charge in [-0.15, -0.1) is 0 Å². The number of nitrogens with zero attached hydrogens (tertiary/aromatic N) is 2. The van der Waals surface area contributed by atoms with Crippen LogP contribution in [0.5, 0.6) is 11.6 Å². The Labute approximate surface area is 166 Å². The molecule has 1 aliphatic rings. The number of benzene rings is 1. The average molecular weight is 398 g/mol. The van der Waals surface area contributed by atoms with Crippen LogP contribution in [0.3, 0.4) is 0 Å². The Balaban J connectivity index is 1.79. The molecule has 1 aromatic carbocycles. The first kappa shape index (κ1) is 19.1. The summed E-state index contributed by atoms with van der Waals surface area (Å²) >= 11 is 0. The summed E-state index contributed by atoms with van der Waals surface area (Å²) in [5.41, 5.74) is 1.69. The molecule has 0 radical (unpaired) electrons. The van der Waals surface area contributed by atoms with Crippen molar-refractivity contribution in [3.05, 3.63) is 59.8 Å². The van der Waals surface area contributed by atoms with Gasteiger partial charge in [-0.25, -0.2) is 13.8 Å². The van der Waals surface area contributed by atoms with E-state index < -0.39 is 11.6 Å². The predicted octanol–water partition coefficient (Wildman–Crippen LogP) is 4.05. The van der Waals surface area contributed by atoms with Gasteiger partial charge < -0.3 is 20.1 Å². The first-order chi connectivity index (χ1) is 14.1. The number of hydrogen-bond donors (Lipinski definition) is 2. The molecule has 3 heterocycles. The number of pyridine rings is 2. The zero-order valence-electron chi connectivity index (χ0n) is 15.8. The van der Waals surface area contributed by atoms with Crippen molar-refractivity contribution >= 4 is 11.6 Å². The zero-order chi connectivity index (χ0) is 20.2.